The monoisotopic (exact) mass is 594 g/mol. The number of aliphatic hydroxyl groups excluding tert-OH is 6. The lowest BCUT2D eigenvalue weighted by Crippen LogP contribution is -2.64. The SMILES string of the molecule is C[C@@H]1O[C@@H](O[C@@H]2[C@H](Oc3cc(O)c4c(=O)cc(-c5ccc(O)c(O)c5)oc4c3)O[C@@H](CO)[C@H](O)[C@@H]2O)[C@H](O)[C@H](O)[C@H]1O. The quantitative estimate of drug-likeness (QED) is 0.149. The Labute approximate surface area is 236 Å². The van der Waals surface area contributed by atoms with Gasteiger partial charge in [-0.1, -0.05) is 0 Å². The average molecular weight is 595 g/mol. The predicted molar refractivity (Wildman–Crippen MR) is 139 cm³/mol. The maximum atomic E-state index is 12.8. The summed E-state index contributed by atoms with van der Waals surface area (Å²) in [5.74, 6) is -1.60. The number of hydrogen-bond donors (Lipinski definition) is 9. The molecule has 15 nitrogen and oxygen atoms in total. The Balaban J connectivity index is 1.48. The first-order valence-electron chi connectivity index (χ1n) is 12.9. The van der Waals surface area contributed by atoms with Gasteiger partial charge >= 0.3 is 0 Å². The van der Waals surface area contributed by atoms with Gasteiger partial charge < -0.3 is 69.3 Å². The molecule has 42 heavy (non-hydrogen) atoms. The smallest absolute Gasteiger partial charge is 0.229 e. The van der Waals surface area contributed by atoms with E-state index in [1.54, 1.807) is 0 Å². The Bertz CT molecular complexity index is 1490. The predicted octanol–water partition coefficient (Wildman–Crippen LogP) is -1.39. The van der Waals surface area contributed by atoms with Gasteiger partial charge in [-0.05, 0) is 25.1 Å². The summed E-state index contributed by atoms with van der Waals surface area (Å²) < 4.78 is 28.3. The molecule has 0 saturated carbocycles. The number of benzene rings is 2. The van der Waals surface area contributed by atoms with Crippen molar-refractivity contribution in [2.75, 3.05) is 6.61 Å². The molecule has 228 valence electrons. The number of rotatable bonds is 6. The standard InChI is InChI=1S/C27H30O15/c1-9-20(33)22(35)24(37)26(38-9)42-25-23(36)21(34)18(8-28)41-27(25)39-11-5-14(31)19-15(32)7-16(40-17(19)6-11)10-2-3-12(29)13(30)4-10/h2-7,9,18,20-31,33-37H,8H2,1H3/t9-,18-,20-,21-,22+,23-,24+,25-,26-,27+/m0/s1. The highest BCUT2D eigenvalue weighted by Gasteiger charge is 2.50. The van der Waals surface area contributed by atoms with Gasteiger partial charge in [-0.15, -0.1) is 0 Å². The van der Waals surface area contributed by atoms with E-state index in [1.807, 2.05) is 0 Å². The molecule has 3 heterocycles. The van der Waals surface area contributed by atoms with Crippen LogP contribution in [0.25, 0.3) is 22.3 Å². The number of aliphatic hydroxyl groups is 6. The fourth-order valence-corrected chi connectivity index (χ4v) is 4.84. The molecule has 3 aromatic rings. The van der Waals surface area contributed by atoms with Gasteiger partial charge in [0.25, 0.3) is 0 Å². The fraction of sp³-hybridized carbons (Fsp3) is 0.444. The Morgan fingerprint density at radius 3 is 2.21 bits per heavy atom. The van der Waals surface area contributed by atoms with Crippen LogP contribution in [0.1, 0.15) is 6.92 Å². The van der Waals surface area contributed by atoms with Crippen LogP contribution in [0, 0.1) is 0 Å². The van der Waals surface area contributed by atoms with Crippen LogP contribution in [0.3, 0.4) is 0 Å². The third-order valence-electron chi connectivity index (χ3n) is 7.22. The second-order valence-electron chi connectivity index (χ2n) is 10.1. The van der Waals surface area contributed by atoms with E-state index in [-0.39, 0.29) is 33.8 Å². The van der Waals surface area contributed by atoms with Crippen molar-refractivity contribution in [1.82, 2.24) is 0 Å². The fourth-order valence-electron chi connectivity index (χ4n) is 4.84. The van der Waals surface area contributed by atoms with Crippen molar-refractivity contribution in [3.8, 4) is 34.3 Å². The second-order valence-corrected chi connectivity index (χ2v) is 10.1. The summed E-state index contributed by atoms with van der Waals surface area (Å²) >= 11 is 0. The maximum absolute atomic E-state index is 12.8. The van der Waals surface area contributed by atoms with Crippen molar-refractivity contribution in [2.45, 2.75) is 68.3 Å². The molecule has 9 N–H and O–H groups in total. The van der Waals surface area contributed by atoms with E-state index in [0.717, 1.165) is 18.2 Å². The molecule has 1 aromatic heterocycles. The molecule has 0 unspecified atom stereocenters. The minimum Gasteiger partial charge on any atom is -0.507 e. The summed E-state index contributed by atoms with van der Waals surface area (Å²) in [5.41, 5.74) is -0.575. The van der Waals surface area contributed by atoms with Crippen LogP contribution in [-0.2, 0) is 14.2 Å². The van der Waals surface area contributed by atoms with E-state index in [2.05, 4.69) is 0 Å². The van der Waals surface area contributed by atoms with Gasteiger partial charge in [-0.25, -0.2) is 0 Å². The Hall–Kier alpha value is -3.51. The molecule has 2 fully saturated rings. The zero-order chi connectivity index (χ0) is 30.5. The molecule has 15 heteroatoms. The van der Waals surface area contributed by atoms with E-state index in [1.165, 1.54) is 25.1 Å². The van der Waals surface area contributed by atoms with Crippen LogP contribution in [0.4, 0.5) is 0 Å². The molecule has 5 rings (SSSR count). The highest BCUT2D eigenvalue weighted by Crippen LogP contribution is 2.36. The molecule has 0 radical (unpaired) electrons. The average Bonchev–Trinajstić information content (AvgIpc) is 2.95. The molecule has 2 aliphatic heterocycles. The van der Waals surface area contributed by atoms with Crippen LogP contribution < -0.4 is 10.2 Å². The zero-order valence-electron chi connectivity index (χ0n) is 21.9. The lowest BCUT2D eigenvalue weighted by molar-refractivity contribution is -0.354. The first-order valence-corrected chi connectivity index (χ1v) is 12.9. The van der Waals surface area contributed by atoms with Crippen molar-refractivity contribution in [2.24, 2.45) is 0 Å². The topological polar surface area (TPSA) is 249 Å². The maximum Gasteiger partial charge on any atom is 0.229 e. The molecule has 0 spiro atoms. The Morgan fingerprint density at radius 2 is 1.52 bits per heavy atom. The van der Waals surface area contributed by atoms with E-state index in [9.17, 15) is 50.8 Å². The summed E-state index contributed by atoms with van der Waals surface area (Å²) in [6.07, 6.45) is -15.5. The van der Waals surface area contributed by atoms with Crippen molar-refractivity contribution in [3.63, 3.8) is 0 Å². The van der Waals surface area contributed by atoms with Crippen LogP contribution in [0.2, 0.25) is 0 Å². The minimum atomic E-state index is -1.78. The largest absolute Gasteiger partial charge is 0.507 e. The normalized spacial score (nSPS) is 33.5. The van der Waals surface area contributed by atoms with Crippen LogP contribution in [-0.4, -0.2) is 114 Å². The van der Waals surface area contributed by atoms with Gasteiger partial charge in [0.05, 0.1) is 12.7 Å². The van der Waals surface area contributed by atoms with Gasteiger partial charge in [-0.3, -0.25) is 4.79 Å². The molecule has 0 aliphatic carbocycles. The van der Waals surface area contributed by atoms with Crippen molar-refractivity contribution in [1.29, 1.82) is 0 Å². The third-order valence-corrected chi connectivity index (χ3v) is 7.22. The number of phenolic OH excluding ortho intramolecular Hbond substituents is 3. The second kappa shape index (κ2) is 11.6. The van der Waals surface area contributed by atoms with Gasteiger partial charge in [-0.2, -0.15) is 0 Å². The van der Waals surface area contributed by atoms with Gasteiger partial charge in [0.2, 0.25) is 6.29 Å². The van der Waals surface area contributed by atoms with Gasteiger partial charge in [0.15, 0.2) is 29.3 Å². The molecule has 10 atom stereocenters. The molecule has 0 bridgehead atoms. The van der Waals surface area contributed by atoms with Crippen LogP contribution >= 0.6 is 0 Å². The molecule has 0 amide bonds. The molecular weight excluding hydrogens is 564 g/mol. The van der Waals surface area contributed by atoms with Crippen molar-refractivity contribution in [3.05, 3.63) is 46.6 Å². The number of hydrogen-bond acceptors (Lipinski definition) is 15. The third kappa shape index (κ3) is 5.49. The van der Waals surface area contributed by atoms with Crippen molar-refractivity contribution >= 4 is 11.0 Å². The highest BCUT2D eigenvalue weighted by atomic mass is 16.8. The molecular formula is C27H30O15. The van der Waals surface area contributed by atoms with E-state index >= 15 is 0 Å². The minimum absolute atomic E-state index is 0.0216. The summed E-state index contributed by atoms with van der Waals surface area (Å²) in [4.78, 5) is 12.8. The van der Waals surface area contributed by atoms with E-state index in [4.69, 9.17) is 23.4 Å². The summed E-state index contributed by atoms with van der Waals surface area (Å²) in [5, 5.41) is 91.2. The lowest BCUT2D eigenvalue weighted by Gasteiger charge is -2.45. The number of fused-ring (bicyclic) bond motifs is 1. The Morgan fingerprint density at radius 1 is 0.786 bits per heavy atom. The zero-order valence-corrected chi connectivity index (χ0v) is 21.9. The van der Waals surface area contributed by atoms with Gasteiger partial charge in [0, 0.05) is 23.8 Å². The van der Waals surface area contributed by atoms with Crippen molar-refractivity contribution < 1.29 is 69.3 Å². The van der Waals surface area contributed by atoms with Gasteiger partial charge in [0.1, 0.15) is 64.9 Å². The number of phenols is 3. The van der Waals surface area contributed by atoms with E-state index < -0.39 is 84.9 Å². The highest BCUT2D eigenvalue weighted by molar-refractivity contribution is 5.86. The molecule has 2 aliphatic rings. The summed E-state index contributed by atoms with van der Waals surface area (Å²) in [6.45, 7) is 0.671. The molecule has 2 aromatic carbocycles. The molecule has 2 saturated heterocycles. The number of aromatic hydroxyl groups is 3. The first-order chi connectivity index (χ1) is 19.9. The lowest BCUT2D eigenvalue weighted by atomic mass is 9.97. The first kappa shape index (κ1) is 30.0. The van der Waals surface area contributed by atoms with Crippen LogP contribution in [0.15, 0.2) is 45.6 Å². The summed E-state index contributed by atoms with van der Waals surface area (Å²) in [6, 6.07) is 7.08. The number of ether oxygens (including phenoxy) is 4. The van der Waals surface area contributed by atoms with Crippen LogP contribution in [0.5, 0.6) is 23.0 Å². The summed E-state index contributed by atoms with van der Waals surface area (Å²) in [7, 11) is 0. The van der Waals surface area contributed by atoms with E-state index in [0.29, 0.717) is 0 Å². The Kier molecular flexibility index (Phi) is 8.30.